The van der Waals surface area contributed by atoms with Crippen molar-refractivity contribution >= 4 is 27.8 Å². The molecule has 0 atom stereocenters. The number of hydrogen-bond acceptors (Lipinski definition) is 4. The third-order valence-electron chi connectivity index (χ3n) is 2.87. The van der Waals surface area contributed by atoms with Crippen LogP contribution in [-0.4, -0.2) is 19.4 Å². The lowest BCUT2D eigenvalue weighted by molar-refractivity contribution is 0.286. The first-order valence-corrected chi connectivity index (χ1v) is 8.07. The van der Waals surface area contributed by atoms with Crippen molar-refractivity contribution in [2.45, 2.75) is 13.8 Å². The topological polar surface area (TPSA) is 42.8 Å². The van der Waals surface area contributed by atoms with Crippen LogP contribution in [0, 0.1) is 5.82 Å². The molecule has 2 rings (SSSR count). The highest BCUT2D eigenvalue weighted by Crippen LogP contribution is 2.36. The summed E-state index contributed by atoms with van der Waals surface area (Å²) in [5.41, 5.74) is 4.40. The number of benzene rings is 2. The maximum absolute atomic E-state index is 12.8. The molecule has 6 heteroatoms. The second-order valence-electron chi connectivity index (χ2n) is 4.57. The van der Waals surface area contributed by atoms with Gasteiger partial charge in [-0.2, -0.15) is 5.10 Å². The van der Waals surface area contributed by atoms with Gasteiger partial charge in [0, 0.05) is 0 Å². The van der Waals surface area contributed by atoms with Gasteiger partial charge in [-0.15, -0.1) is 0 Å². The lowest BCUT2D eigenvalue weighted by Crippen LogP contribution is -2.00. The van der Waals surface area contributed by atoms with Crippen LogP contribution in [0.5, 0.6) is 11.5 Å². The van der Waals surface area contributed by atoms with E-state index in [1.165, 1.54) is 12.1 Å². The van der Waals surface area contributed by atoms with Gasteiger partial charge in [0.25, 0.3) is 0 Å². The molecule has 0 heterocycles. The van der Waals surface area contributed by atoms with Gasteiger partial charge in [0.1, 0.15) is 5.82 Å². The molecule has 0 aromatic heterocycles. The quantitative estimate of drug-likeness (QED) is 0.552. The molecule has 122 valence electrons. The Kier molecular flexibility index (Phi) is 6.40. The van der Waals surface area contributed by atoms with Crippen LogP contribution in [0.25, 0.3) is 0 Å². The molecule has 0 bridgehead atoms. The van der Waals surface area contributed by atoms with Crippen LogP contribution in [0.1, 0.15) is 19.4 Å². The predicted molar refractivity (Wildman–Crippen MR) is 94.1 cm³/mol. The van der Waals surface area contributed by atoms with E-state index in [0.717, 1.165) is 10.0 Å². The molecular formula is C17H18BrFN2O2. The molecule has 0 aliphatic heterocycles. The SMILES string of the molecule is CCOc1cc(/C=N/Nc2ccc(F)cc2)cc(Br)c1OCC. The molecule has 0 amide bonds. The lowest BCUT2D eigenvalue weighted by Gasteiger charge is -2.13. The van der Waals surface area contributed by atoms with Gasteiger partial charge >= 0.3 is 0 Å². The molecule has 2 aromatic rings. The molecule has 0 fully saturated rings. The normalized spacial score (nSPS) is 10.8. The number of rotatable bonds is 7. The Bertz CT molecular complexity index is 675. The van der Waals surface area contributed by atoms with Crippen LogP contribution in [-0.2, 0) is 0 Å². The van der Waals surface area contributed by atoms with E-state index < -0.39 is 0 Å². The smallest absolute Gasteiger partial charge is 0.175 e. The molecule has 0 aliphatic carbocycles. The second kappa shape index (κ2) is 8.53. The van der Waals surface area contributed by atoms with Crippen molar-refractivity contribution < 1.29 is 13.9 Å². The lowest BCUT2D eigenvalue weighted by atomic mass is 10.2. The summed E-state index contributed by atoms with van der Waals surface area (Å²) in [6, 6.07) is 9.73. The summed E-state index contributed by atoms with van der Waals surface area (Å²) in [7, 11) is 0. The number of hydrogen-bond donors (Lipinski definition) is 1. The minimum absolute atomic E-state index is 0.281. The summed E-state index contributed by atoms with van der Waals surface area (Å²) in [4.78, 5) is 0. The van der Waals surface area contributed by atoms with Gasteiger partial charge in [-0.05, 0) is 71.7 Å². The molecule has 0 radical (unpaired) electrons. The number of anilines is 1. The molecule has 0 unspecified atom stereocenters. The molecule has 0 aliphatic rings. The van der Waals surface area contributed by atoms with Gasteiger partial charge < -0.3 is 9.47 Å². The number of ether oxygens (including phenoxy) is 2. The zero-order chi connectivity index (χ0) is 16.7. The fraction of sp³-hybridized carbons (Fsp3) is 0.235. The van der Waals surface area contributed by atoms with Gasteiger partial charge in [0.05, 0.1) is 29.6 Å². The molecular weight excluding hydrogens is 363 g/mol. The monoisotopic (exact) mass is 380 g/mol. The van der Waals surface area contributed by atoms with E-state index in [4.69, 9.17) is 9.47 Å². The molecule has 1 N–H and O–H groups in total. The average Bonchev–Trinajstić information content (AvgIpc) is 2.53. The van der Waals surface area contributed by atoms with Gasteiger partial charge in [0.15, 0.2) is 11.5 Å². The maximum atomic E-state index is 12.8. The van der Waals surface area contributed by atoms with Crippen molar-refractivity contribution in [3.8, 4) is 11.5 Å². The fourth-order valence-electron chi connectivity index (χ4n) is 1.92. The molecule has 4 nitrogen and oxygen atoms in total. The summed E-state index contributed by atoms with van der Waals surface area (Å²) in [6.07, 6.45) is 1.66. The van der Waals surface area contributed by atoms with Crippen LogP contribution in [0.3, 0.4) is 0 Å². The number of hydrazone groups is 1. The van der Waals surface area contributed by atoms with E-state index >= 15 is 0 Å². The maximum Gasteiger partial charge on any atom is 0.175 e. The Morgan fingerprint density at radius 1 is 1.13 bits per heavy atom. The third-order valence-corrected chi connectivity index (χ3v) is 3.46. The van der Waals surface area contributed by atoms with Crippen LogP contribution >= 0.6 is 15.9 Å². The Labute approximate surface area is 143 Å². The van der Waals surface area contributed by atoms with Crippen LogP contribution in [0.2, 0.25) is 0 Å². The van der Waals surface area contributed by atoms with E-state index in [2.05, 4.69) is 26.5 Å². The molecule has 0 saturated heterocycles. The zero-order valence-corrected chi connectivity index (χ0v) is 14.6. The van der Waals surface area contributed by atoms with Crippen molar-refractivity contribution in [3.63, 3.8) is 0 Å². The van der Waals surface area contributed by atoms with Crippen molar-refractivity contribution in [2.24, 2.45) is 5.10 Å². The largest absolute Gasteiger partial charge is 0.490 e. The van der Waals surface area contributed by atoms with E-state index in [9.17, 15) is 4.39 Å². The van der Waals surface area contributed by atoms with Crippen molar-refractivity contribution in [1.82, 2.24) is 0 Å². The van der Waals surface area contributed by atoms with Gasteiger partial charge in [-0.3, -0.25) is 5.43 Å². The molecule has 23 heavy (non-hydrogen) atoms. The summed E-state index contributed by atoms with van der Waals surface area (Å²) < 4.78 is 24.8. The van der Waals surface area contributed by atoms with Crippen molar-refractivity contribution in [2.75, 3.05) is 18.6 Å². The zero-order valence-electron chi connectivity index (χ0n) is 13.0. The molecule has 0 saturated carbocycles. The van der Waals surface area contributed by atoms with E-state index in [1.54, 1.807) is 18.3 Å². The van der Waals surface area contributed by atoms with Crippen molar-refractivity contribution in [3.05, 3.63) is 52.3 Å². The van der Waals surface area contributed by atoms with Gasteiger partial charge in [-0.25, -0.2) is 4.39 Å². The number of nitrogens with one attached hydrogen (secondary N) is 1. The Morgan fingerprint density at radius 3 is 2.48 bits per heavy atom. The van der Waals surface area contributed by atoms with Crippen LogP contribution < -0.4 is 14.9 Å². The Balaban J connectivity index is 2.15. The molecule has 0 spiro atoms. The van der Waals surface area contributed by atoms with E-state index in [-0.39, 0.29) is 5.82 Å². The van der Waals surface area contributed by atoms with E-state index in [0.29, 0.717) is 30.4 Å². The predicted octanol–water partition coefficient (Wildman–Crippen LogP) is 4.83. The Hall–Kier alpha value is -2.08. The molecule has 2 aromatic carbocycles. The first kappa shape index (κ1) is 17.3. The highest BCUT2D eigenvalue weighted by molar-refractivity contribution is 9.10. The summed E-state index contributed by atoms with van der Waals surface area (Å²) >= 11 is 3.49. The third kappa shape index (κ3) is 4.96. The summed E-state index contributed by atoms with van der Waals surface area (Å²) in [5.74, 6) is 1.06. The minimum Gasteiger partial charge on any atom is -0.490 e. The van der Waals surface area contributed by atoms with Crippen LogP contribution in [0.15, 0.2) is 46.0 Å². The fourth-order valence-corrected chi connectivity index (χ4v) is 2.49. The van der Waals surface area contributed by atoms with E-state index in [1.807, 2.05) is 26.0 Å². The minimum atomic E-state index is -0.281. The Morgan fingerprint density at radius 2 is 1.83 bits per heavy atom. The second-order valence-corrected chi connectivity index (χ2v) is 5.43. The average molecular weight is 381 g/mol. The van der Waals surface area contributed by atoms with Gasteiger partial charge in [0.2, 0.25) is 0 Å². The first-order valence-electron chi connectivity index (χ1n) is 7.27. The number of nitrogens with zero attached hydrogens (tertiary/aromatic N) is 1. The number of halogens is 2. The van der Waals surface area contributed by atoms with Gasteiger partial charge in [-0.1, -0.05) is 0 Å². The highest BCUT2D eigenvalue weighted by Gasteiger charge is 2.11. The summed E-state index contributed by atoms with van der Waals surface area (Å²) in [6.45, 7) is 4.93. The van der Waals surface area contributed by atoms with Crippen molar-refractivity contribution in [1.29, 1.82) is 0 Å². The standard InChI is InChI=1S/C17H18BrFN2O2/c1-3-22-16-10-12(9-15(18)17(16)23-4-2)11-20-21-14-7-5-13(19)6-8-14/h5-11,21H,3-4H2,1-2H3/b20-11+. The highest BCUT2D eigenvalue weighted by atomic mass is 79.9. The van der Waals surface area contributed by atoms with Crippen LogP contribution in [0.4, 0.5) is 10.1 Å². The summed E-state index contributed by atoms with van der Waals surface area (Å²) in [5, 5.41) is 4.14. The first-order chi connectivity index (χ1) is 11.1.